The monoisotopic (exact) mass is 376 g/mol. The first kappa shape index (κ1) is 17.5. The largest absolute Gasteiger partial charge is 0.369 e. The molecule has 1 aromatic heterocycles. The van der Waals surface area contributed by atoms with E-state index in [1.165, 1.54) is 12.1 Å². The third kappa shape index (κ3) is 4.38. The molecule has 0 unspecified atom stereocenters. The molecule has 4 nitrogen and oxygen atoms in total. The fourth-order valence-electron chi connectivity index (χ4n) is 2.31. The van der Waals surface area contributed by atoms with Crippen LogP contribution in [-0.2, 0) is 6.54 Å². The van der Waals surface area contributed by atoms with Crippen molar-refractivity contribution in [3.05, 3.63) is 76.4 Å². The SMILES string of the molecule is CN(Cc1nccnc1Nc1ccc(Cl)c(Cl)c1)c1ccc(F)cc1. The Labute approximate surface area is 155 Å². The third-order valence-corrected chi connectivity index (χ3v) is 4.35. The summed E-state index contributed by atoms with van der Waals surface area (Å²) < 4.78 is 13.1. The van der Waals surface area contributed by atoms with E-state index in [4.69, 9.17) is 23.2 Å². The topological polar surface area (TPSA) is 41.1 Å². The van der Waals surface area contributed by atoms with Crippen molar-refractivity contribution in [2.45, 2.75) is 6.54 Å². The summed E-state index contributed by atoms with van der Waals surface area (Å²) in [6.45, 7) is 0.503. The minimum Gasteiger partial charge on any atom is -0.369 e. The maximum absolute atomic E-state index is 13.1. The molecule has 3 rings (SSSR count). The van der Waals surface area contributed by atoms with Gasteiger partial charge in [0, 0.05) is 30.8 Å². The molecular formula is C18H15Cl2FN4. The van der Waals surface area contributed by atoms with Crippen molar-refractivity contribution in [3.63, 3.8) is 0 Å². The average molecular weight is 377 g/mol. The van der Waals surface area contributed by atoms with Crippen molar-refractivity contribution < 1.29 is 4.39 Å². The van der Waals surface area contributed by atoms with E-state index in [1.807, 2.05) is 18.0 Å². The van der Waals surface area contributed by atoms with Crippen molar-refractivity contribution in [2.24, 2.45) is 0 Å². The van der Waals surface area contributed by atoms with Crippen LogP contribution in [0, 0.1) is 5.82 Å². The fourth-order valence-corrected chi connectivity index (χ4v) is 2.61. The number of nitrogens with one attached hydrogen (secondary N) is 1. The smallest absolute Gasteiger partial charge is 0.153 e. The van der Waals surface area contributed by atoms with Gasteiger partial charge in [-0.05, 0) is 42.5 Å². The van der Waals surface area contributed by atoms with Gasteiger partial charge >= 0.3 is 0 Å². The number of rotatable bonds is 5. The Balaban J connectivity index is 1.80. The van der Waals surface area contributed by atoms with Gasteiger partial charge in [-0.15, -0.1) is 0 Å². The molecule has 0 bridgehead atoms. The van der Waals surface area contributed by atoms with Gasteiger partial charge in [0.15, 0.2) is 5.82 Å². The van der Waals surface area contributed by atoms with Crippen molar-refractivity contribution in [3.8, 4) is 0 Å². The van der Waals surface area contributed by atoms with E-state index in [2.05, 4.69) is 15.3 Å². The molecule has 0 aliphatic carbocycles. The lowest BCUT2D eigenvalue weighted by Crippen LogP contribution is -2.18. The van der Waals surface area contributed by atoms with Crippen LogP contribution in [0.1, 0.15) is 5.69 Å². The lowest BCUT2D eigenvalue weighted by Gasteiger charge is -2.20. The summed E-state index contributed by atoms with van der Waals surface area (Å²) in [5.41, 5.74) is 2.40. The standard InChI is InChI=1S/C18H15Cl2FN4/c1-25(14-5-2-12(21)3-6-14)11-17-18(23-9-8-22-17)24-13-4-7-15(19)16(20)10-13/h2-10H,11H2,1H3,(H,23,24). The van der Waals surface area contributed by atoms with Crippen LogP contribution in [0.25, 0.3) is 0 Å². The molecular weight excluding hydrogens is 362 g/mol. The van der Waals surface area contributed by atoms with Crippen molar-refractivity contribution in [1.82, 2.24) is 9.97 Å². The summed E-state index contributed by atoms with van der Waals surface area (Å²) in [6.07, 6.45) is 3.25. The normalized spacial score (nSPS) is 10.6. The minimum atomic E-state index is -0.265. The van der Waals surface area contributed by atoms with Crippen LogP contribution in [0.3, 0.4) is 0 Å². The predicted octanol–water partition coefficient (Wildman–Crippen LogP) is 5.30. The third-order valence-electron chi connectivity index (χ3n) is 3.61. The highest BCUT2D eigenvalue weighted by molar-refractivity contribution is 6.42. The quantitative estimate of drug-likeness (QED) is 0.655. The average Bonchev–Trinajstić information content (AvgIpc) is 2.60. The molecule has 0 aliphatic rings. The van der Waals surface area contributed by atoms with Crippen molar-refractivity contribution in [2.75, 3.05) is 17.3 Å². The van der Waals surface area contributed by atoms with E-state index >= 15 is 0 Å². The Morgan fingerprint density at radius 2 is 1.72 bits per heavy atom. The van der Waals surface area contributed by atoms with E-state index in [1.54, 1.807) is 36.7 Å². The first-order valence-electron chi connectivity index (χ1n) is 7.51. The highest BCUT2D eigenvalue weighted by Gasteiger charge is 2.10. The Kier molecular flexibility index (Phi) is 5.36. The molecule has 1 heterocycles. The van der Waals surface area contributed by atoms with Crippen LogP contribution in [0.15, 0.2) is 54.9 Å². The number of hydrogen-bond donors (Lipinski definition) is 1. The molecule has 1 N–H and O–H groups in total. The molecule has 0 fully saturated rings. The molecule has 0 atom stereocenters. The number of halogens is 3. The predicted molar refractivity (Wildman–Crippen MR) is 100 cm³/mol. The minimum absolute atomic E-state index is 0.265. The number of benzene rings is 2. The first-order valence-corrected chi connectivity index (χ1v) is 8.27. The van der Waals surface area contributed by atoms with Crippen LogP contribution in [0.4, 0.5) is 21.6 Å². The fraction of sp³-hybridized carbons (Fsp3) is 0.111. The van der Waals surface area contributed by atoms with E-state index in [0.717, 1.165) is 17.1 Å². The zero-order valence-corrected chi connectivity index (χ0v) is 14.9. The first-order chi connectivity index (χ1) is 12.0. The zero-order valence-electron chi connectivity index (χ0n) is 13.4. The van der Waals surface area contributed by atoms with E-state index in [9.17, 15) is 4.39 Å². The summed E-state index contributed by atoms with van der Waals surface area (Å²) in [7, 11) is 1.91. The van der Waals surface area contributed by atoms with E-state index in [-0.39, 0.29) is 5.82 Å². The van der Waals surface area contributed by atoms with Gasteiger partial charge in [-0.3, -0.25) is 4.98 Å². The highest BCUT2D eigenvalue weighted by Crippen LogP contribution is 2.27. The molecule has 7 heteroatoms. The number of aromatic nitrogens is 2. The molecule has 0 radical (unpaired) electrons. The summed E-state index contributed by atoms with van der Waals surface area (Å²) in [4.78, 5) is 10.7. The van der Waals surface area contributed by atoms with Gasteiger partial charge < -0.3 is 10.2 Å². The Morgan fingerprint density at radius 1 is 1.00 bits per heavy atom. The van der Waals surface area contributed by atoms with Crippen LogP contribution < -0.4 is 10.2 Å². The maximum atomic E-state index is 13.1. The summed E-state index contributed by atoms with van der Waals surface area (Å²) >= 11 is 12.0. The number of nitrogens with zero attached hydrogens (tertiary/aromatic N) is 3. The molecule has 25 heavy (non-hydrogen) atoms. The lowest BCUT2D eigenvalue weighted by molar-refractivity contribution is 0.627. The van der Waals surface area contributed by atoms with Crippen LogP contribution in [-0.4, -0.2) is 17.0 Å². The molecule has 0 aliphatic heterocycles. The molecule has 128 valence electrons. The van der Waals surface area contributed by atoms with Crippen LogP contribution in [0.5, 0.6) is 0 Å². The van der Waals surface area contributed by atoms with Crippen molar-refractivity contribution >= 4 is 40.4 Å². The second-order valence-corrected chi connectivity index (χ2v) is 6.25. The lowest BCUT2D eigenvalue weighted by atomic mass is 10.2. The Hall–Kier alpha value is -2.37. The molecule has 2 aromatic carbocycles. The van der Waals surface area contributed by atoms with E-state index in [0.29, 0.717) is 22.4 Å². The van der Waals surface area contributed by atoms with Crippen molar-refractivity contribution in [1.29, 1.82) is 0 Å². The Bertz CT molecular complexity index is 871. The highest BCUT2D eigenvalue weighted by atomic mass is 35.5. The summed E-state index contributed by atoms with van der Waals surface area (Å²) in [5.74, 6) is 0.355. The Morgan fingerprint density at radius 3 is 2.44 bits per heavy atom. The van der Waals surface area contributed by atoms with Crippen LogP contribution in [0.2, 0.25) is 10.0 Å². The van der Waals surface area contributed by atoms with Gasteiger partial charge in [0.1, 0.15) is 11.5 Å². The maximum Gasteiger partial charge on any atom is 0.153 e. The molecule has 0 amide bonds. The molecule has 0 saturated carbocycles. The zero-order chi connectivity index (χ0) is 17.8. The van der Waals surface area contributed by atoms with E-state index < -0.39 is 0 Å². The van der Waals surface area contributed by atoms with Gasteiger partial charge in [0.2, 0.25) is 0 Å². The van der Waals surface area contributed by atoms with Gasteiger partial charge in [0.05, 0.1) is 16.6 Å². The number of anilines is 3. The molecule has 0 saturated heterocycles. The second kappa shape index (κ2) is 7.68. The van der Waals surface area contributed by atoms with Gasteiger partial charge in [-0.2, -0.15) is 0 Å². The molecule has 3 aromatic rings. The van der Waals surface area contributed by atoms with Gasteiger partial charge in [-0.1, -0.05) is 23.2 Å². The second-order valence-electron chi connectivity index (χ2n) is 5.44. The van der Waals surface area contributed by atoms with Gasteiger partial charge in [0.25, 0.3) is 0 Å². The summed E-state index contributed by atoms with van der Waals surface area (Å²) in [5, 5.41) is 4.15. The van der Waals surface area contributed by atoms with Gasteiger partial charge in [-0.25, -0.2) is 9.37 Å². The summed E-state index contributed by atoms with van der Waals surface area (Å²) in [6, 6.07) is 11.6. The number of hydrogen-bond acceptors (Lipinski definition) is 4. The molecule has 0 spiro atoms. The van der Waals surface area contributed by atoms with Crippen LogP contribution >= 0.6 is 23.2 Å².